The zero-order valence-corrected chi connectivity index (χ0v) is 20.3. The minimum atomic E-state index is -0.201. The van der Waals surface area contributed by atoms with Crippen LogP contribution in [-0.4, -0.2) is 44.3 Å². The second-order valence-corrected chi connectivity index (χ2v) is 9.88. The monoisotopic (exact) mass is 462 g/mol. The van der Waals surface area contributed by atoms with E-state index in [1.54, 1.807) is 24.5 Å². The Balaban J connectivity index is 1.38. The van der Waals surface area contributed by atoms with E-state index in [9.17, 15) is 4.39 Å². The average molecular weight is 463 g/mol. The topological polar surface area (TPSA) is 50.1 Å². The third-order valence-electron chi connectivity index (χ3n) is 7.67. The van der Waals surface area contributed by atoms with Gasteiger partial charge in [0.1, 0.15) is 11.6 Å². The fraction of sp³-hybridized carbons (Fsp3) is 0.519. The molecule has 2 aromatic heterocycles. The number of hydrogen-bond donors (Lipinski definition) is 0. The van der Waals surface area contributed by atoms with Crippen LogP contribution in [0.5, 0.6) is 0 Å². The molecule has 0 amide bonds. The Labute approximate surface area is 201 Å². The maximum Gasteiger partial charge on any atom is 0.147 e. The molecule has 3 heterocycles. The second kappa shape index (κ2) is 10.2. The normalized spacial score (nSPS) is 20.1. The number of aromatic nitrogens is 4. The summed E-state index contributed by atoms with van der Waals surface area (Å²) < 4.78 is 15.9. The first-order valence-corrected chi connectivity index (χ1v) is 12.6. The van der Waals surface area contributed by atoms with Gasteiger partial charge < -0.3 is 4.90 Å². The molecule has 1 saturated carbocycles. The first-order chi connectivity index (χ1) is 16.6. The van der Waals surface area contributed by atoms with Crippen LogP contribution >= 0.6 is 0 Å². The molecule has 5 rings (SSSR count). The van der Waals surface area contributed by atoms with Crippen LogP contribution in [0.25, 0.3) is 0 Å². The molecule has 1 aromatic carbocycles. The lowest BCUT2D eigenvalue weighted by Gasteiger charge is -2.42. The van der Waals surface area contributed by atoms with Crippen molar-refractivity contribution in [3.63, 3.8) is 0 Å². The molecule has 34 heavy (non-hydrogen) atoms. The molecule has 1 aliphatic carbocycles. The Bertz CT molecular complexity index is 1070. The van der Waals surface area contributed by atoms with Gasteiger partial charge in [0.25, 0.3) is 0 Å². The highest BCUT2D eigenvalue weighted by Gasteiger charge is 2.30. The van der Waals surface area contributed by atoms with Crippen molar-refractivity contribution in [2.45, 2.75) is 65.1 Å². The molecule has 6 nitrogen and oxygen atoms in total. The van der Waals surface area contributed by atoms with Gasteiger partial charge in [-0.25, -0.2) is 9.37 Å². The highest BCUT2D eigenvalue weighted by atomic mass is 19.1. The number of piperazine rings is 1. The molecule has 1 unspecified atom stereocenters. The highest BCUT2D eigenvalue weighted by molar-refractivity contribution is 5.38. The lowest BCUT2D eigenvalue weighted by atomic mass is 9.89. The lowest BCUT2D eigenvalue weighted by Crippen LogP contribution is -2.48. The highest BCUT2D eigenvalue weighted by Crippen LogP contribution is 2.31. The molecule has 0 N–H and O–H groups in total. The lowest BCUT2D eigenvalue weighted by molar-refractivity contribution is 0.167. The van der Waals surface area contributed by atoms with Gasteiger partial charge in [0, 0.05) is 56.4 Å². The molecule has 1 aliphatic heterocycles. The van der Waals surface area contributed by atoms with Gasteiger partial charge in [-0.1, -0.05) is 31.4 Å². The molecule has 2 fully saturated rings. The van der Waals surface area contributed by atoms with Crippen molar-refractivity contribution in [1.29, 1.82) is 0 Å². The Morgan fingerprint density at radius 1 is 1.00 bits per heavy atom. The summed E-state index contributed by atoms with van der Waals surface area (Å²) in [6.45, 7) is 8.81. The van der Waals surface area contributed by atoms with Crippen LogP contribution in [0.15, 0.2) is 42.9 Å². The van der Waals surface area contributed by atoms with Crippen molar-refractivity contribution >= 4 is 5.82 Å². The van der Waals surface area contributed by atoms with Gasteiger partial charge in [-0.3, -0.25) is 14.6 Å². The van der Waals surface area contributed by atoms with Gasteiger partial charge in [0.05, 0.1) is 17.9 Å². The quantitative estimate of drug-likeness (QED) is 0.512. The van der Waals surface area contributed by atoms with E-state index in [1.807, 2.05) is 18.3 Å². The summed E-state index contributed by atoms with van der Waals surface area (Å²) in [4.78, 5) is 13.6. The molecular weight excluding hydrogens is 427 g/mol. The van der Waals surface area contributed by atoms with Crippen LogP contribution in [-0.2, 0) is 13.1 Å². The molecule has 180 valence electrons. The summed E-state index contributed by atoms with van der Waals surface area (Å²) in [7, 11) is 0. The Hall–Kier alpha value is -2.80. The van der Waals surface area contributed by atoms with E-state index in [1.165, 1.54) is 43.4 Å². The van der Waals surface area contributed by atoms with Crippen molar-refractivity contribution < 1.29 is 4.39 Å². The van der Waals surface area contributed by atoms with E-state index in [4.69, 9.17) is 5.10 Å². The Morgan fingerprint density at radius 3 is 2.53 bits per heavy atom. The zero-order valence-electron chi connectivity index (χ0n) is 20.3. The number of halogens is 1. The van der Waals surface area contributed by atoms with E-state index in [0.29, 0.717) is 0 Å². The van der Waals surface area contributed by atoms with Crippen LogP contribution in [0.1, 0.15) is 60.7 Å². The van der Waals surface area contributed by atoms with E-state index in [2.05, 4.69) is 38.3 Å². The van der Waals surface area contributed by atoms with Crippen molar-refractivity contribution in [2.24, 2.45) is 5.92 Å². The van der Waals surface area contributed by atoms with Gasteiger partial charge in [-0.15, -0.1) is 0 Å². The summed E-state index contributed by atoms with van der Waals surface area (Å²) >= 11 is 0. The summed E-state index contributed by atoms with van der Waals surface area (Å²) in [5.41, 5.74) is 4.87. The Kier molecular flexibility index (Phi) is 6.90. The van der Waals surface area contributed by atoms with Crippen LogP contribution < -0.4 is 4.90 Å². The van der Waals surface area contributed by atoms with Crippen molar-refractivity contribution in [1.82, 2.24) is 24.6 Å². The maximum absolute atomic E-state index is 13.7. The SMILES string of the molecule is Cc1nn(CC2CCCCC2)c(C)c1CN1CCN(c2cnccn2)CC1c1ccc(F)cc1. The standard InChI is InChI=1S/C27H35FN6/c1-20-25(21(2)34(31-20)17-22-6-4-3-5-7-22)18-32-14-15-33(27-16-29-12-13-30-27)19-26(32)23-8-10-24(28)11-9-23/h8-13,16,22,26H,3-7,14-15,17-19H2,1-2H3. The molecule has 1 atom stereocenters. The fourth-order valence-corrected chi connectivity index (χ4v) is 5.63. The average Bonchev–Trinajstić information content (AvgIpc) is 3.13. The minimum absolute atomic E-state index is 0.136. The number of rotatable bonds is 6. The molecule has 2 aliphatic rings. The van der Waals surface area contributed by atoms with Gasteiger partial charge in [0.15, 0.2) is 0 Å². The molecule has 0 spiro atoms. The second-order valence-electron chi connectivity index (χ2n) is 9.88. The van der Waals surface area contributed by atoms with Gasteiger partial charge >= 0.3 is 0 Å². The first-order valence-electron chi connectivity index (χ1n) is 12.6. The van der Waals surface area contributed by atoms with Gasteiger partial charge in [-0.2, -0.15) is 5.10 Å². The van der Waals surface area contributed by atoms with Gasteiger partial charge in [0.2, 0.25) is 0 Å². The largest absolute Gasteiger partial charge is 0.352 e. The molecule has 0 radical (unpaired) electrons. The van der Waals surface area contributed by atoms with Crippen molar-refractivity contribution in [2.75, 3.05) is 24.5 Å². The minimum Gasteiger partial charge on any atom is -0.352 e. The van der Waals surface area contributed by atoms with Crippen molar-refractivity contribution in [3.05, 3.63) is 71.2 Å². The summed E-state index contributed by atoms with van der Waals surface area (Å²) in [6.07, 6.45) is 12.0. The van der Waals surface area contributed by atoms with Crippen LogP contribution in [0.3, 0.4) is 0 Å². The summed E-state index contributed by atoms with van der Waals surface area (Å²) in [5, 5.41) is 4.95. The van der Waals surface area contributed by atoms with Crippen LogP contribution in [0, 0.1) is 25.6 Å². The van der Waals surface area contributed by atoms with Crippen molar-refractivity contribution in [3.8, 4) is 0 Å². The molecular formula is C27H35FN6. The molecule has 1 saturated heterocycles. The van der Waals surface area contributed by atoms with Gasteiger partial charge in [-0.05, 0) is 50.3 Å². The summed E-state index contributed by atoms with van der Waals surface area (Å²) in [6, 6.07) is 7.09. The molecule has 0 bridgehead atoms. The third kappa shape index (κ3) is 4.99. The molecule has 7 heteroatoms. The number of hydrogen-bond acceptors (Lipinski definition) is 5. The summed E-state index contributed by atoms with van der Waals surface area (Å²) in [5.74, 6) is 1.44. The number of aryl methyl sites for hydroxylation is 1. The van der Waals surface area contributed by atoms with Crippen LogP contribution in [0.4, 0.5) is 10.2 Å². The Morgan fingerprint density at radius 2 is 1.79 bits per heavy atom. The van der Waals surface area contributed by atoms with Crippen LogP contribution in [0.2, 0.25) is 0 Å². The molecule has 3 aromatic rings. The zero-order chi connectivity index (χ0) is 23.5. The van der Waals surface area contributed by atoms with E-state index in [0.717, 1.165) is 55.7 Å². The first kappa shape index (κ1) is 23.0. The predicted molar refractivity (Wildman–Crippen MR) is 132 cm³/mol. The van der Waals surface area contributed by atoms with E-state index in [-0.39, 0.29) is 11.9 Å². The maximum atomic E-state index is 13.7. The third-order valence-corrected chi connectivity index (χ3v) is 7.67. The number of nitrogens with zero attached hydrogens (tertiary/aromatic N) is 6. The van der Waals surface area contributed by atoms with E-state index >= 15 is 0 Å². The number of anilines is 1. The number of benzene rings is 1. The smallest absolute Gasteiger partial charge is 0.147 e. The fourth-order valence-electron chi connectivity index (χ4n) is 5.63. The predicted octanol–water partition coefficient (Wildman–Crippen LogP) is 5.07. The van der Waals surface area contributed by atoms with E-state index < -0.39 is 0 Å².